The summed E-state index contributed by atoms with van der Waals surface area (Å²) in [6.45, 7) is 0. The molecular formula is C13H10N4O2. The van der Waals surface area contributed by atoms with Gasteiger partial charge in [0.1, 0.15) is 11.3 Å². The third-order valence-electron chi connectivity index (χ3n) is 2.86. The van der Waals surface area contributed by atoms with E-state index >= 15 is 0 Å². The number of aromatic nitrogens is 3. The van der Waals surface area contributed by atoms with Crippen molar-refractivity contribution >= 4 is 16.9 Å². The molecule has 94 valence electrons. The van der Waals surface area contributed by atoms with Gasteiger partial charge in [-0.2, -0.15) is 0 Å². The summed E-state index contributed by atoms with van der Waals surface area (Å²) in [5, 5.41) is 0. The van der Waals surface area contributed by atoms with Crippen LogP contribution in [0.2, 0.25) is 0 Å². The highest BCUT2D eigenvalue weighted by atomic mass is 16.1. The van der Waals surface area contributed by atoms with E-state index in [0.717, 1.165) is 0 Å². The number of hydrogen-bond donors (Lipinski definition) is 3. The minimum absolute atomic E-state index is 0.154. The molecule has 0 aliphatic carbocycles. The van der Waals surface area contributed by atoms with E-state index in [0.29, 0.717) is 28.0 Å². The fourth-order valence-electron chi connectivity index (χ4n) is 1.96. The molecule has 0 fully saturated rings. The first kappa shape index (κ1) is 11.2. The number of H-pyrrole nitrogens is 2. The highest BCUT2D eigenvalue weighted by Gasteiger charge is 2.13. The van der Waals surface area contributed by atoms with Crippen LogP contribution in [-0.4, -0.2) is 20.9 Å². The summed E-state index contributed by atoms with van der Waals surface area (Å²) >= 11 is 0. The number of imidazole rings is 1. The fourth-order valence-corrected chi connectivity index (χ4v) is 1.96. The standard InChI is InChI=1S/C13H10N4O2/c14-12(19)7-2-1-3-9-11(7)17-13(16-9)8-6-15-5-4-10(8)18/h1-6H,(H2,14,19)(H,15,18)(H,16,17). The molecule has 0 radical (unpaired) electrons. The molecule has 0 bridgehead atoms. The normalized spacial score (nSPS) is 10.7. The molecule has 1 amide bonds. The number of para-hydroxylation sites is 1. The van der Waals surface area contributed by atoms with Crippen LogP contribution < -0.4 is 11.2 Å². The van der Waals surface area contributed by atoms with Crippen LogP contribution in [0.3, 0.4) is 0 Å². The molecular weight excluding hydrogens is 244 g/mol. The van der Waals surface area contributed by atoms with E-state index in [9.17, 15) is 9.59 Å². The number of hydrogen-bond acceptors (Lipinski definition) is 3. The van der Waals surface area contributed by atoms with Crippen molar-refractivity contribution in [1.82, 2.24) is 15.0 Å². The Morgan fingerprint density at radius 1 is 1.26 bits per heavy atom. The van der Waals surface area contributed by atoms with Crippen molar-refractivity contribution in [2.75, 3.05) is 0 Å². The van der Waals surface area contributed by atoms with Crippen molar-refractivity contribution in [2.45, 2.75) is 0 Å². The van der Waals surface area contributed by atoms with E-state index in [4.69, 9.17) is 5.73 Å². The quantitative estimate of drug-likeness (QED) is 0.635. The monoisotopic (exact) mass is 254 g/mol. The molecule has 3 aromatic rings. The molecule has 3 rings (SSSR count). The van der Waals surface area contributed by atoms with Crippen molar-refractivity contribution < 1.29 is 4.79 Å². The minimum atomic E-state index is -0.550. The molecule has 0 aliphatic heterocycles. The molecule has 0 saturated carbocycles. The van der Waals surface area contributed by atoms with Crippen molar-refractivity contribution in [2.24, 2.45) is 5.73 Å². The van der Waals surface area contributed by atoms with Gasteiger partial charge in [0, 0.05) is 18.5 Å². The first-order valence-corrected chi connectivity index (χ1v) is 5.63. The number of primary amides is 1. The van der Waals surface area contributed by atoms with Crippen LogP contribution in [0.1, 0.15) is 10.4 Å². The molecule has 6 heteroatoms. The summed E-state index contributed by atoms with van der Waals surface area (Å²) in [5.74, 6) is -0.142. The number of fused-ring (bicyclic) bond motifs is 1. The zero-order valence-corrected chi connectivity index (χ0v) is 9.81. The Bertz CT molecular complexity index is 832. The van der Waals surface area contributed by atoms with Gasteiger partial charge in [0.05, 0.1) is 16.6 Å². The second kappa shape index (κ2) is 4.09. The van der Waals surface area contributed by atoms with Gasteiger partial charge in [-0.15, -0.1) is 0 Å². The molecule has 6 nitrogen and oxygen atoms in total. The number of carbonyl (C=O) groups is 1. The van der Waals surface area contributed by atoms with Gasteiger partial charge in [0.25, 0.3) is 5.91 Å². The number of carbonyl (C=O) groups excluding carboxylic acids is 1. The largest absolute Gasteiger partial charge is 0.367 e. The lowest BCUT2D eigenvalue weighted by molar-refractivity contribution is 0.100. The van der Waals surface area contributed by atoms with Gasteiger partial charge in [-0.3, -0.25) is 9.59 Å². The summed E-state index contributed by atoms with van der Waals surface area (Å²) in [5.41, 5.74) is 7.01. The molecule has 19 heavy (non-hydrogen) atoms. The third-order valence-corrected chi connectivity index (χ3v) is 2.86. The predicted octanol–water partition coefficient (Wildman–Crippen LogP) is 1.02. The van der Waals surface area contributed by atoms with Crippen LogP contribution in [0.4, 0.5) is 0 Å². The number of rotatable bonds is 2. The van der Waals surface area contributed by atoms with Crippen molar-refractivity contribution in [1.29, 1.82) is 0 Å². The predicted molar refractivity (Wildman–Crippen MR) is 70.7 cm³/mol. The van der Waals surface area contributed by atoms with E-state index in [1.165, 1.54) is 6.07 Å². The van der Waals surface area contributed by atoms with Gasteiger partial charge < -0.3 is 15.7 Å². The van der Waals surface area contributed by atoms with Crippen molar-refractivity contribution in [3.05, 3.63) is 52.4 Å². The Morgan fingerprint density at radius 2 is 2.11 bits per heavy atom. The minimum Gasteiger partial charge on any atom is -0.367 e. The maximum atomic E-state index is 11.7. The molecule has 2 heterocycles. The lowest BCUT2D eigenvalue weighted by Gasteiger charge is -1.94. The molecule has 0 saturated heterocycles. The number of nitrogens with zero attached hydrogens (tertiary/aromatic N) is 1. The number of amides is 1. The maximum absolute atomic E-state index is 11.7. The Kier molecular flexibility index (Phi) is 2.42. The molecule has 0 unspecified atom stereocenters. The first-order chi connectivity index (χ1) is 9.16. The van der Waals surface area contributed by atoms with Crippen LogP contribution >= 0.6 is 0 Å². The van der Waals surface area contributed by atoms with Gasteiger partial charge in [0.15, 0.2) is 5.43 Å². The van der Waals surface area contributed by atoms with E-state index in [2.05, 4.69) is 15.0 Å². The summed E-state index contributed by atoms with van der Waals surface area (Å²) in [7, 11) is 0. The van der Waals surface area contributed by atoms with Gasteiger partial charge >= 0.3 is 0 Å². The number of benzene rings is 1. The van der Waals surface area contributed by atoms with Gasteiger partial charge in [-0.25, -0.2) is 4.98 Å². The first-order valence-electron chi connectivity index (χ1n) is 5.63. The lowest BCUT2D eigenvalue weighted by atomic mass is 10.2. The molecule has 2 aromatic heterocycles. The zero-order chi connectivity index (χ0) is 13.4. The molecule has 0 aliphatic rings. The van der Waals surface area contributed by atoms with Crippen LogP contribution in [0.25, 0.3) is 22.4 Å². The summed E-state index contributed by atoms with van der Waals surface area (Å²) in [6.07, 6.45) is 3.10. The number of aromatic amines is 2. The highest BCUT2D eigenvalue weighted by molar-refractivity contribution is 6.04. The molecule has 4 N–H and O–H groups in total. The van der Waals surface area contributed by atoms with Gasteiger partial charge in [-0.1, -0.05) is 6.07 Å². The fraction of sp³-hybridized carbons (Fsp3) is 0. The Morgan fingerprint density at radius 3 is 2.84 bits per heavy atom. The highest BCUT2D eigenvalue weighted by Crippen LogP contribution is 2.20. The Balaban J connectivity index is 2.29. The Hall–Kier alpha value is -2.89. The number of pyridine rings is 1. The second-order valence-corrected chi connectivity index (χ2v) is 4.07. The van der Waals surface area contributed by atoms with Crippen LogP contribution in [0, 0.1) is 0 Å². The number of nitrogens with two attached hydrogens (primary N) is 1. The van der Waals surface area contributed by atoms with Crippen molar-refractivity contribution in [3.8, 4) is 11.4 Å². The lowest BCUT2D eigenvalue weighted by Crippen LogP contribution is -2.11. The Labute approximate surface area is 107 Å². The molecule has 0 spiro atoms. The summed E-state index contributed by atoms with van der Waals surface area (Å²) in [4.78, 5) is 33.2. The van der Waals surface area contributed by atoms with Crippen LogP contribution in [0.5, 0.6) is 0 Å². The van der Waals surface area contributed by atoms with Gasteiger partial charge in [-0.05, 0) is 12.1 Å². The van der Waals surface area contributed by atoms with E-state index < -0.39 is 5.91 Å². The molecule has 0 atom stereocenters. The van der Waals surface area contributed by atoms with E-state index in [1.54, 1.807) is 30.6 Å². The topological polar surface area (TPSA) is 105 Å². The maximum Gasteiger partial charge on any atom is 0.250 e. The van der Waals surface area contributed by atoms with Crippen molar-refractivity contribution in [3.63, 3.8) is 0 Å². The van der Waals surface area contributed by atoms with E-state index in [1.807, 2.05) is 0 Å². The summed E-state index contributed by atoms with van der Waals surface area (Å²) in [6, 6.07) is 6.50. The second-order valence-electron chi connectivity index (χ2n) is 4.07. The van der Waals surface area contributed by atoms with Gasteiger partial charge in [0.2, 0.25) is 0 Å². The third kappa shape index (κ3) is 1.79. The zero-order valence-electron chi connectivity index (χ0n) is 9.81. The summed E-state index contributed by atoms with van der Waals surface area (Å²) < 4.78 is 0. The van der Waals surface area contributed by atoms with E-state index in [-0.39, 0.29) is 5.43 Å². The number of nitrogens with one attached hydrogen (secondary N) is 2. The SMILES string of the molecule is NC(=O)c1cccc2[nH]c(-c3c[nH]ccc3=O)nc12. The smallest absolute Gasteiger partial charge is 0.250 e. The molecule has 1 aromatic carbocycles. The van der Waals surface area contributed by atoms with Crippen LogP contribution in [0.15, 0.2) is 41.5 Å². The average Bonchev–Trinajstić information content (AvgIpc) is 2.82. The average molecular weight is 254 g/mol. The van der Waals surface area contributed by atoms with Crippen LogP contribution in [-0.2, 0) is 0 Å².